The van der Waals surface area contributed by atoms with Crippen LogP contribution in [-0.4, -0.2) is 25.8 Å². The first-order valence-electron chi connectivity index (χ1n) is 5.71. The van der Waals surface area contributed by atoms with Crippen molar-refractivity contribution >= 4 is 0 Å². The standard InChI is InChI=1S/C11H21NO/c1-2-12-11-4-3-10-8-13-6-5-9(10)7-11/h9-12H,2-8H2,1H3. The second-order valence-corrected chi connectivity index (χ2v) is 4.45. The Kier molecular flexibility index (Phi) is 3.23. The number of rotatable bonds is 2. The smallest absolute Gasteiger partial charge is 0.0496 e. The zero-order valence-corrected chi connectivity index (χ0v) is 8.59. The van der Waals surface area contributed by atoms with Crippen molar-refractivity contribution in [3.05, 3.63) is 0 Å². The van der Waals surface area contributed by atoms with Gasteiger partial charge in [0.1, 0.15) is 0 Å². The Morgan fingerprint density at radius 1 is 1.23 bits per heavy atom. The van der Waals surface area contributed by atoms with Gasteiger partial charge >= 0.3 is 0 Å². The average molecular weight is 183 g/mol. The molecular formula is C11H21NO. The van der Waals surface area contributed by atoms with E-state index in [9.17, 15) is 0 Å². The van der Waals surface area contributed by atoms with Gasteiger partial charge in [-0.1, -0.05) is 6.92 Å². The van der Waals surface area contributed by atoms with E-state index in [1.165, 1.54) is 25.7 Å². The average Bonchev–Trinajstić information content (AvgIpc) is 2.18. The summed E-state index contributed by atoms with van der Waals surface area (Å²) in [5, 5.41) is 3.58. The van der Waals surface area contributed by atoms with Crippen LogP contribution >= 0.6 is 0 Å². The first-order valence-corrected chi connectivity index (χ1v) is 5.71. The highest BCUT2D eigenvalue weighted by Gasteiger charge is 2.32. The Bertz CT molecular complexity index is 160. The molecule has 0 amide bonds. The zero-order chi connectivity index (χ0) is 9.10. The predicted molar refractivity (Wildman–Crippen MR) is 53.7 cm³/mol. The molecule has 0 aromatic rings. The summed E-state index contributed by atoms with van der Waals surface area (Å²) >= 11 is 0. The molecule has 2 heteroatoms. The summed E-state index contributed by atoms with van der Waals surface area (Å²) in [5.41, 5.74) is 0. The molecular weight excluding hydrogens is 162 g/mol. The molecule has 0 aromatic carbocycles. The zero-order valence-electron chi connectivity index (χ0n) is 8.59. The van der Waals surface area contributed by atoms with E-state index in [0.29, 0.717) is 0 Å². The molecule has 1 heterocycles. The molecule has 1 aliphatic carbocycles. The summed E-state index contributed by atoms with van der Waals surface area (Å²) in [6.45, 7) is 5.36. The second-order valence-electron chi connectivity index (χ2n) is 4.45. The number of hydrogen-bond acceptors (Lipinski definition) is 2. The molecule has 1 N–H and O–H groups in total. The van der Waals surface area contributed by atoms with E-state index < -0.39 is 0 Å². The fourth-order valence-electron chi connectivity index (χ4n) is 2.84. The van der Waals surface area contributed by atoms with Gasteiger partial charge in [-0.2, -0.15) is 0 Å². The molecule has 13 heavy (non-hydrogen) atoms. The summed E-state index contributed by atoms with van der Waals surface area (Å²) in [6, 6.07) is 0.796. The van der Waals surface area contributed by atoms with E-state index in [1.54, 1.807) is 0 Å². The Labute approximate surface area is 81.0 Å². The molecule has 2 aliphatic rings. The molecule has 76 valence electrons. The van der Waals surface area contributed by atoms with Crippen LogP contribution in [0.15, 0.2) is 0 Å². The minimum absolute atomic E-state index is 0.796. The molecule has 3 atom stereocenters. The molecule has 0 bridgehead atoms. The highest BCUT2D eigenvalue weighted by atomic mass is 16.5. The van der Waals surface area contributed by atoms with Crippen molar-refractivity contribution in [2.45, 2.75) is 38.6 Å². The number of nitrogens with one attached hydrogen (secondary N) is 1. The summed E-state index contributed by atoms with van der Waals surface area (Å²) in [4.78, 5) is 0. The van der Waals surface area contributed by atoms with E-state index in [2.05, 4.69) is 12.2 Å². The predicted octanol–water partition coefficient (Wildman–Crippen LogP) is 1.80. The van der Waals surface area contributed by atoms with Gasteiger partial charge in [-0.3, -0.25) is 0 Å². The number of ether oxygens (including phenoxy) is 1. The van der Waals surface area contributed by atoms with Gasteiger partial charge in [0, 0.05) is 19.3 Å². The summed E-state index contributed by atoms with van der Waals surface area (Å²) < 4.78 is 5.51. The molecule has 0 radical (unpaired) electrons. The van der Waals surface area contributed by atoms with Crippen LogP contribution in [0.4, 0.5) is 0 Å². The van der Waals surface area contributed by atoms with Gasteiger partial charge in [0.25, 0.3) is 0 Å². The van der Waals surface area contributed by atoms with Gasteiger partial charge in [-0.15, -0.1) is 0 Å². The molecule has 2 fully saturated rings. The van der Waals surface area contributed by atoms with Crippen LogP contribution in [0.2, 0.25) is 0 Å². The van der Waals surface area contributed by atoms with Gasteiger partial charge in [-0.05, 0) is 44.1 Å². The minimum Gasteiger partial charge on any atom is -0.381 e. The molecule has 0 spiro atoms. The van der Waals surface area contributed by atoms with Gasteiger partial charge in [-0.25, -0.2) is 0 Å². The second kappa shape index (κ2) is 4.43. The lowest BCUT2D eigenvalue weighted by Crippen LogP contribution is -2.41. The van der Waals surface area contributed by atoms with Gasteiger partial charge < -0.3 is 10.1 Å². The molecule has 1 saturated carbocycles. The van der Waals surface area contributed by atoms with Crippen molar-refractivity contribution in [3.63, 3.8) is 0 Å². The van der Waals surface area contributed by atoms with Crippen molar-refractivity contribution in [3.8, 4) is 0 Å². The van der Waals surface area contributed by atoms with Crippen LogP contribution in [0, 0.1) is 11.8 Å². The molecule has 1 aliphatic heterocycles. The maximum Gasteiger partial charge on any atom is 0.0496 e. The van der Waals surface area contributed by atoms with Crippen molar-refractivity contribution in [1.82, 2.24) is 5.32 Å². The third-order valence-electron chi connectivity index (χ3n) is 3.60. The molecule has 2 nitrogen and oxygen atoms in total. The van der Waals surface area contributed by atoms with Crippen molar-refractivity contribution in [1.29, 1.82) is 0 Å². The van der Waals surface area contributed by atoms with E-state index in [4.69, 9.17) is 4.74 Å². The summed E-state index contributed by atoms with van der Waals surface area (Å²) in [5.74, 6) is 1.83. The maximum absolute atomic E-state index is 5.51. The van der Waals surface area contributed by atoms with Gasteiger partial charge in [0.2, 0.25) is 0 Å². The Morgan fingerprint density at radius 2 is 2.15 bits per heavy atom. The molecule has 3 unspecified atom stereocenters. The molecule has 1 saturated heterocycles. The monoisotopic (exact) mass is 183 g/mol. The van der Waals surface area contributed by atoms with E-state index >= 15 is 0 Å². The van der Waals surface area contributed by atoms with Crippen molar-refractivity contribution in [2.75, 3.05) is 19.8 Å². The van der Waals surface area contributed by atoms with Crippen LogP contribution in [0.25, 0.3) is 0 Å². The Hall–Kier alpha value is -0.0800. The number of fused-ring (bicyclic) bond motifs is 1. The number of hydrogen-bond donors (Lipinski definition) is 1. The molecule has 2 rings (SSSR count). The quantitative estimate of drug-likeness (QED) is 0.705. The third kappa shape index (κ3) is 2.23. The topological polar surface area (TPSA) is 21.3 Å². The van der Waals surface area contributed by atoms with E-state index in [-0.39, 0.29) is 0 Å². The first kappa shape index (κ1) is 9.47. The third-order valence-corrected chi connectivity index (χ3v) is 3.60. The maximum atomic E-state index is 5.51. The van der Waals surface area contributed by atoms with Crippen LogP contribution < -0.4 is 5.32 Å². The minimum atomic E-state index is 0.796. The van der Waals surface area contributed by atoms with Crippen molar-refractivity contribution < 1.29 is 4.74 Å². The highest BCUT2D eigenvalue weighted by Crippen LogP contribution is 2.35. The lowest BCUT2D eigenvalue weighted by molar-refractivity contribution is -0.00770. The van der Waals surface area contributed by atoms with Crippen molar-refractivity contribution in [2.24, 2.45) is 11.8 Å². The van der Waals surface area contributed by atoms with Gasteiger partial charge in [0.15, 0.2) is 0 Å². The summed E-state index contributed by atoms with van der Waals surface area (Å²) in [6.07, 6.45) is 5.43. The van der Waals surface area contributed by atoms with E-state index in [0.717, 1.165) is 37.6 Å². The largest absolute Gasteiger partial charge is 0.381 e. The van der Waals surface area contributed by atoms with E-state index in [1.807, 2.05) is 0 Å². The normalized spacial score (nSPS) is 39.9. The SMILES string of the molecule is CCNC1CCC2COCCC2C1. The van der Waals surface area contributed by atoms with Crippen LogP contribution in [0.1, 0.15) is 32.6 Å². The highest BCUT2D eigenvalue weighted by molar-refractivity contribution is 4.85. The Morgan fingerprint density at radius 3 is 3.00 bits per heavy atom. The lowest BCUT2D eigenvalue weighted by atomic mass is 9.75. The fourth-order valence-corrected chi connectivity index (χ4v) is 2.84. The van der Waals surface area contributed by atoms with Gasteiger partial charge in [0.05, 0.1) is 0 Å². The van der Waals surface area contributed by atoms with Crippen LogP contribution in [0.5, 0.6) is 0 Å². The first-order chi connectivity index (χ1) is 6.40. The molecule has 0 aromatic heterocycles. The Balaban J connectivity index is 1.84. The van der Waals surface area contributed by atoms with Crippen LogP contribution in [-0.2, 0) is 4.74 Å². The fraction of sp³-hybridized carbons (Fsp3) is 1.00. The van der Waals surface area contributed by atoms with Crippen LogP contribution in [0.3, 0.4) is 0 Å². The summed E-state index contributed by atoms with van der Waals surface area (Å²) in [7, 11) is 0. The lowest BCUT2D eigenvalue weighted by Gasteiger charge is -2.39.